The van der Waals surface area contributed by atoms with Crippen molar-refractivity contribution in [2.45, 2.75) is 33.2 Å². The lowest BCUT2D eigenvalue weighted by Crippen LogP contribution is -1.99. The highest BCUT2D eigenvalue weighted by Crippen LogP contribution is 2.10. The van der Waals surface area contributed by atoms with Crippen molar-refractivity contribution in [1.29, 1.82) is 0 Å². The Balaban J connectivity index is 3.01. The minimum atomic E-state index is 0.634. The second kappa shape index (κ2) is 4.27. The lowest BCUT2D eigenvalue weighted by Gasteiger charge is -2.04. The van der Waals surface area contributed by atoms with Crippen molar-refractivity contribution in [3.8, 4) is 0 Å². The Bertz CT molecular complexity index is 198. The van der Waals surface area contributed by atoms with Gasteiger partial charge in [-0.05, 0) is 35.6 Å². The van der Waals surface area contributed by atoms with Crippen LogP contribution in [0.4, 0.5) is 0 Å². The van der Waals surface area contributed by atoms with Crippen LogP contribution in [0.1, 0.15) is 30.5 Å². The van der Waals surface area contributed by atoms with E-state index in [0.29, 0.717) is 6.54 Å². The molecule has 0 aliphatic rings. The molecular formula is C11H16N. The van der Waals surface area contributed by atoms with Crippen LogP contribution in [-0.4, -0.2) is 0 Å². The first-order valence-electron chi connectivity index (χ1n) is 4.54. The van der Waals surface area contributed by atoms with Crippen molar-refractivity contribution in [2.75, 3.05) is 0 Å². The molecule has 0 heterocycles. The summed E-state index contributed by atoms with van der Waals surface area (Å²) in [4.78, 5) is 0. The fraction of sp³-hybridized carbons (Fsp3) is 0.455. The number of rotatable bonds is 3. The molecule has 1 aromatic rings. The Hall–Kier alpha value is -0.820. The summed E-state index contributed by atoms with van der Waals surface area (Å²) in [5.41, 5.74) is 9.35. The standard InChI is InChI=1S/C11H16N/c1-3-9-5-10(4-2)7-11(6-9)8-12/h6-7H,3-4,8,12H2,1-2H3. The first kappa shape index (κ1) is 9.27. The molecule has 0 amide bonds. The Morgan fingerprint density at radius 2 is 1.67 bits per heavy atom. The maximum atomic E-state index is 5.58. The van der Waals surface area contributed by atoms with Crippen LogP contribution >= 0.6 is 0 Å². The van der Waals surface area contributed by atoms with Crippen LogP contribution in [0.25, 0.3) is 0 Å². The van der Waals surface area contributed by atoms with Crippen molar-refractivity contribution in [2.24, 2.45) is 5.73 Å². The van der Waals surface area contributed by atoms with Gasteiger partial charge in [0.25, 0.3) is 0 Å². The molecule has 1 heteroatoms. The van der Waals surface area contributed by atoms with Crippen LogP contribution < -0.4 is 5.73 Å². The van der Waals surface area contributed by atoms with Gasteiger partial charge in [0, 0.05) is 6.54 Å². The van der Waals surface area contributed by atoms with E-state index in [1.807, 2.05) is 0 Å². The van der Waals surface area contributed by atoms with E-state index in [9.17, 15) is 0 Å². The topological polar surface area (TPSA) is 26.0 Å². The fourth-order valence-electron chi connectivity index (χ4n) is 1.27. The van der Waals surface area contributed by atoms with Crippen LogP contribution in [0.3, 0.4) is 0 Å². The maximum absolute atomic E-state index is 5.58. The number of nitrogens with two attached hydrogens (primary N) is 1. The van der Waals surface area contributed by atoms with E-state index < -0.39 is 0 Å². The van der Waals surface area contributed by atoms with Crippen LogP contribution in [-0.2, 0) is 19.4 Å². The van der Waals surface area contributed by atoms with E-state index in [1.54, 1.807) is 0 Å². The monoisotopic (exact) mass is 162 g/mol. The molecule has 0 aromatic heterocycles. The minimum absolute atomic E-state index is 0.634. The van der Waals surface area contributed by atoms with Crippen molar-refractivity contribution in [3.63, 3.8) is 0 Å². The summed E-state index contributed by atoms with van der Waals surface area (Å²) < 4.78 is 0. The maximum Gasteiger partial charge on any atom is 0.0178 e. The third-order valence-corrected chi connectivity index (χ3v) is 2.04. The molecule has 0 saturated carbocycles. The summed E-state index contributed by atoms with van der Waals surface area (Å²) in [5.74, 6) is 0. The van der Waals surface area contributed by atoms with Gasteiger partial charge in [-0.3, -0.25) is 0 Å². The molecule has 0 atom stereocenters. The van der Waals surface area contributed by atoms with Gasteiger partial charge in [-0.1, -0.05) is 26.0 Å². The van der Waals surface area contributed by atoms with Crippen molar-refractivity contribution in [3.05, 3.63) is 34.9 Å². The average Bonchev–Trinajstić information content (AvgIpc) is 2.16. The summed E-state index contributed by atoms with van der Waals surface area (Å²) in [6.07, 6.45) is 2.08. The van der Waals surface area contributed by atoms with E-state index in [-0.39, 0.29) is 0 Å². The molecule has 2 N–H and O–H groups in total. The lowest BCUT2D eigenvalue weighted by atomic mass is 10.0. The van der Waals surface area contributed by atoms with Gasteiger partial charge >= 0.3 is 0 Å². The Morgan fingerprint density at radius 1 is 1.17 bits per heavy atom. The highest BCUT2D eigenvalue weighted by Gasteiger charge is 1.97. The zero-order chi connectivity index (χ0) is 8.97. The van der Waals surface area contributed by atoms with Crippen molar-refractivity contribution >= 4 is 0 Å². The van der Waals surface area contributed by atoms with Gasteiger partial charge in [0.2, 0.25) is 0 Å². The Labute approximate surface area is 74.6 Å². The molecule has 0 bridgehead atoms. The molecule has 0 unspecified atom stereocenters. The molecule has 0 fully saturated rings. The highest BCUT2D eigenvalue weighted by atomic mass is 14.5. The molecule has 1 nitrogen and oxygen atoms in total. The second-order valence-corrected chi connectivity index (χ2v) is 2.95. The number of benzene rings is 1. The Kier molecular flexibility index (Phi) is 3.30. The molecule has 0 aliphatic heterocycles. The molecule has 1 rings (SSSR count). The summed E-state index contributed by atoms with van der Waals surface area (Å²) >= 11 is 0. The van der Waals surface area contributed by atoms with Gasteiger partial charge in [-0.2, -0.15) is 0 Å². The van der Waals surface area contributed by atoms with E-state index in [4.69, 9.17) is 5.73 Å². The highest BCUT2D eigenvalue weighted by molar-refractivity contribution is 5.28. The first-order chi connectivity index (χ1) is 5.80. The van der Waals surface area contributed by atoms with Crippen LogP contribution in [0.2, 0.25) is 0 Å². The molecule has 1 aromatic carbocycles. The number of hydrogen-bond donors (Lipinski definition) is 1. The zero-order valence-electron chi connectivity index (χ0n) is 7.85. The number of hydrogen-bond acceptors (Lipinski definition) is 1. The summed E-state index contributed by atoms with van der Waals surface area (Å²) in [5, 5.41) is 0. The van der Waals surface area contributed by atoms with E-state index in [2.05, 4.69) is 32.0 Å². The molecule has 0 spiro atoms. The molecule has 0 saturated heterocycles. The lowest BCUT2D eigenvalue weighted by molar-refractivity contribution is 1.01. The van der Waals surface area contributed by atoms with Crippen LogP contribution in [0.15, 0.2) is 12.1 Å². The third-order valence-electron chi connectivity index (χ3n) is 2.04. The second-order valence-electron chi connectivity index (χ2n) is 2.95. The SMILES string of the molecule is CCc1[c]c(CC)cc(CN)c1. The van der Waals surface area contributed by atoms with Crippen LogP contribution in [0.5, 0.6) is 0 Å². The van der Waals surface area contributed by atoms with Gasteiger partial charge < -0.3 is 5.73 Å². The minimum Gasteiger partial charge on any atom is -0.326 e. The predicted molar refractivity (Wildman–Crippen MR) is 51.9 cm³/mol. The Morgan fingerprint density at radius 3 is 2.00 bits per heavy atom. The first-order valence-corrected chi connectivity index (χ1v) is 4.54. The predicted octanol–water partition coefficient (Wildman–Crippen LogP) is 2.07. The fourth-order valence-corrected chi connectivity index (χ4v) is 1.27. The van der Waals surface area contributed by atoms with Crippen molar-refractivity contribution in [1.82, 2.24) is 0 Å². The molecule has 1 radical (unpaired) electrons. The smallest absolute Gasteiger partial charge is 0.0178 e. The van der Waals surface area contributed by atoms with E-state index in [0.717, 1.165) is 12.8 Å². The normalized spacial score (nSPS) is 10.2. The van der Waals surface area contributed by atoms with Gasteiger partial charge in [0.1, 0.15) is 0 Å². The van der Waals surface area contributed by atoms with E-state index in [1.165, 1.54) is 16.7 Å². The third kappa shape index (κ3) is 2.08. The average molecular weight is 162 g/mol. The quantitative estimate of drug-likeness (QED) is 0.723. The summed E-state index contributed by atoms with van der Waals surface area (Å²) in [7, 11) is 0. The van der Waals surface area contributed by atoms with E-state index >= 15 is 0 Å². The largest absolute Gasteiger partial charge is 0.326 e. The van der Waals surface area contributed by atoms with Gasteiger partial charge in [-0.25, -0.2) is 0 Å². The summed E-state index contributed by atoms with van der Waals surface area (Å²) in [6, 6.07) is 7.64. The molecule has 0 aliphatic carbocycles. The van der Waals surface area contributed by atoms with Gasteiger partial charge in [-0.15, -0.1) is 0 Å². The van der Waals surface area contributed by atoms with Crippen LogP contribution in [0, 0.1) is 6.07 Å². The molecule has 65 valence electrons. The summed E-state index contributed by atoms with van der Waals surface area (Å²) in [6.45, 7) is 4.92. The molecular weight excluding hydrogens is 146 g/mol. The zero-order valence-corrected chi connectivity index (χ0v) is 7.85. The molecule has 12 heavy (non-hydrogen) atoms. The van der Waals surface area contributed by atoms with Gasteiger partial charge in [0.15, 0.2) is 0 Å². The number of aryl methyl sites for hydroxylation is 2. The van der Waals surface area contributed by atoms with Crippen molar-refractivity contribution < 1.29 is 0 Å². The van der Waals surface area contributed by atoms with Gasteiger partial charge in [0.05, 0.1) is 0 Å².